The molecular formula is C18H22FN3O3. The van der Waals surface area contributed by atoms with Gasteiger partial charge in [-0.15, -0.1) is 0 Å². The lowest BCUT2D eigenvalue weighted by Gasteiger charge is -2.34. The van der Waals surface area contributed by atoms with Crippen molar-refractivity contribution in [2.45, 2.75) is 19.9 Å². The molecule has 0 unspecified atom stereocenters. The van der Waals surface area contributed by atoms with Crippen LogP contribution in [0.1, 0.15) is 17.9 Å². The number of para-hydroxylation sites is 1. The number of halogens is 1. The van der Waals surface area contributed by atoms with E-state index in [-0.39, 0.29) is 24.7 Å². The van der Waals surface area contributed by atoms with E-state index in [1.165, 1.54) is 6.07 Å². The minimum Gasteiger partial charge on any atom is -0.490 e. The second-order valence-electron chi connectivity index (χ2n) is 6.12. The van der Waals surface area contributed by atoms with Crippen LogP contribution in [0.5, 0.6) is 5.75 Å². The molecule has 0 atom stereocenters. The number of carbonyl (C=O) groups excluding carboxylic acids is 1. The lowest BCUT2D eigenvalue weighted by Crippen LogP contribution is -2.48. The van der Waals surface area contributed by atoms with Crippen molar-refractivity contribution in [1.82, 2.24) is 15.0 Å². The van der Waals surface area contributed by atoms with Crippen LogP contribution in [0.25, 0.3) is 0 Å². The Balaban J connectivity index is 1.38. The SMILES string of the molecule is Cc1cc(CN2CCN(C(=O)CCOc3ccccc3F)CC2)on1. The molecule has 0 aliphatic carbocycles. The van der Waals surface area contributed by atoms with Gasteiger partial charge in [0.2, 0.25) is 5.91 Å². The van der Waals surface area contributed by atoms with Crippen molar-refractivity contribution in [1.29, 1.82) is 0 Å². The number of benzene rings is 1. The molecule has 1 aromatic carbocycles. The number of ether oxygens (including phenoxy) is 1. The highest BCUT2D eigenvalue weighted by Crippen LogP contribution is 2.16. The third-order valence-electron chi connectivity index (χ3n) is 4.19. The van der Waals surface area contributed by atoms with Crippen molar-refractivity contribution in [3.8, 4) is 5.75 Å². The van der Waals surface area contributed by atoms with Gasteiger partial charge in [-0.1, -0.05) is 17.3 Å². The Morgan fingerprint density at radius 2 is 2.04 bits per heavy atom. The van der Waals surface area contributed by atoms with E-state index in [1.807, 2.05) is 17.9 Å². The van der Waals surface area contributed by atoms with Gasteiger partial charge in [0.05, 0.1) is 25.3 Å². The van der Waals surface area contributed by atoms with Crippen molar-refractivity contribution in [3.05, 3.63) is 47.6 Å². The zero-order valence-electron chi connectivity index (χ0n) is 14.3. The molecule has 6 nitrogen and oxygen atoms in total. The molecule has 3 rings (SSSR count). The molecule has 0 spiro atoms. The predicted octanol–water partition coefficient (Wildman–Crippen LogP) is 2.24. The lowest BCUT2D eigenvalue weighted by molar-refractivity contribution is -0.133. The summed E-state index contributed by atoms with van der Waals surface area (Å²) in [6.45, 7) is 5.71. The van der Waals surface area contributed by atoms with Crippen molar-refractivity contribution in [2.24, 2.45) is 0 Å². The predicted molar refractivity (Wildman–Crippen MR) is 89.6 cm³/mol. The number of carbonyl (C=O) groups is 1. The van der Waals surface area contributed by atoms with E-state index in [9.17, 15) is 9.18 Å². The van der Waals surface area contributed by atoms with E-state index >= 15 is 0 Å². The summed E-state index contributed by atoms with van der Waals surface area (Å²) >= 11 is 0. The highest BCUT2D eigenvalue weighted by Gasteiger charge is 2.21. The van der Waals surface area contributed by atoms with Crippen LogP contribution in [-0.4, -0.2) is 53.6 Å². The number of nitrogens with zero attached hydrogens (tertiary/aromatic N) is 3. The van der Waals surface area contributed by atoms with E-state index < -0.39 is 5.82 Å². The normalized spacial score (nSPS) is 15.4. The fraction of sp³-hybridized carbons (Fsp3) is 0.444. The van der Waals surface area contributed by atoms with Crippen molar-refractivity contribution in [3.63, 3.8) is 0 Å². The summed E-state index contributed by atoms with van der Waals surface area (Å²) in [6, 6.07) is 8.14. The molecule has 1 amide bonds. The van der Waals surface area contributed by atoms with E-state index in [4.69, 9.17) is 9.26 Å². The number of aryl methyl sites for hydroxylation is 1. The smallest absolute Gasteiger partial charge is 0.226 e. The van der Waals surface area contributed by atoms with Crippen LogP contribution in [0.2, 0.25) is 0 Å². The molecule has 2 heterocycles. The Kier molecular flexibility index (Phi) is 5.65. The summed E-state index contributed by atoms with van der Waals surface area (Å²) in [5, 5.41) is 3.88. The number of aromatic nitrogens is 1. The van der Waals surface area contributed by atoms with Crippen LogP contribution in [-0.2, 0) is 11.3 Å². The Morgan fingerprint density at radius 1 is 1.28 bits per heavy atom. The fourth-order valence-electron chi connectivity index (χ4n) is 2.83. The monoisotopic (exact) mass is 347 g/mol. The molecule has 1 aromatic heterocycles. The molecular weight excluding hydrogens is 325 g/mol. The number of piperazine rings is 1. The molecule has 1 aliphatic heterocycles. The van der Waals surface area contributed by atoms with Gasteiger partial charge in [-0.3, -0.25) is 9.69 Å². The maximum Gasteiger partial charge on any atom is 0.226 e. The molecule has 1 aliphatic rings. The molecule has 2 aromatic rings. The number of amides is 1. The fourth-order valence-corrected chi connectivity index (χ4v) is 2.83. The average Bonchev–Trinajstić information content (AvgIpc) is 3.02. The third kappa shape index (κ3) is 4.79. The lowest BCUT2D eigenvalue weighted by atomic mass is 10.2. The zero-order valence-corrected chi connectivity index (χ0v) is 14.3. The summed E-state index contributed by atoms with van der Waals surface area (Å²) in [5.74, 6) is 0.649. The largest absolute Gasteiger partial charge is 0.490 e. The molecule has 1 fully saturated rings. The van der Waals surface area contributed by atoms with Crippen LogP contribution in [0.3, 0.4) is 0 Å². The minimum atomic E-state index is -0.411. The molecule has 1 saturated heterocycles. The van der Waals surface area contributed by atoms with Crippen LogP contribution in [0, 0.1) is 12.7 Å². The molecule has 25 heavy (non-hydrogen) atoms. The van der Waals surface area contributed by atoms with Gasteiger partial charge in [0.25, 0.3) is 0 Å². The van der Waals surface area contributed by atoms with Gasteiger partial charge < -0.3 is 14.2 Å². The van der Waals surface area contributed by atoms with E-state index in [0.717, 1.165) is 24.5 Å². The van der Waals surface area contributed by atoms with E-state index in [2.05, 4.69) is 10.1 Å². The van der Waals surface area contributed by atoms with Crippen LogP contribution in [0.4, 0.5) is 4.39 Å². The van der Waals surface area contributed by atoms with Gasteiger partial charge in [-0.25, -0.2) is 4.39 Å². The maximum atomic E-state index is 13.5. The number of rotatable bonds is 6. The van der Waals surface area contributed by atoms with Crippen LogP contribution in [0.15, 0.2) is 34.9 Å². The Morgan fingerprint density at radius 3 is 2.72 bits per heavy atom. The molecule has 0 bridgehead atoms. The zero-order chi connectivity index (χ0) is 17.6. The summed E-state index contributed by atoms with van der Waals surface area (Å²) in [5.41, 5.74) is 0.874. The van der Waals surface area contributed by atoms with Crippen LogP contribution < -0.4 is 4.74 Å². The Bertz CT molecular complexity index is 711. The standard InChI is InChI=1S/C18H22FN3O3/c1-14-12-15(25-20-14)13-21-7-9-22(10-8-21)18(23)6-11-24-17-5-3-2-4-16(17)19/h2-5,12H,6-11,13H2,1H3. The number of hydrogen-bond acceptors (Lipinski definition) is 5. The van der Waals surface area contributed by atoms with Gasteiger partial charge in [-0.2, -0.15) is 0 Å². The third-order valence-corrected chi connectivity index (χ3v) is 4.19. The first-order valence-corrected chi connectivity index (χ1v) is 8.41. The highest BCUT2D eigenvalue weighted by atomic mass is 19.1. The first kappa shape index (κ1) is 17.4. The van der Waals surface area contributed by atoms with Crippen LogP contribution >= 0.6 is 0 Å². The van der Waals surface area contributed by atoms with Gasteiger partial charge in [-0.05, 0) is 19.1 Å². The van der Waals surface area contributed by atoms with Crippen molar-refractivity contribution in [2.75, 3.05) is 32.8 Å². The average molecular weight is 347 g/mol. The van der Waals surface area contributed by atoms with E-state index in [0.29, 0.717) is 19.6 Å². The Hall–Kier alpha value is -2.41. The molecule has 134 valence electrons. The van der Waals surface area contributed by atoms with Crippen molar-refractivity contribution >= 4 is 5.91 Å². The highest BCUT2D eigenvalue weighted by molar-refractivity contribution is 5.76. The maximum absolute atomic E-state index is 13.5. The molecule has 0 saturated carbocycles. The molecule has 0 N–H and O–H groups in total. The molecule has 7 heteroatoms. The van der Waals surface area contributed by atoms with Gasteiger partial charge in [0, 0.05) is 32.2 Å². The summed E-state index contributed by atoms with van der Waals surface area (Å²) in [6.07, 6.45) is 0.246. The van der Waals surface area contributed by atoms with Gasteiger partial charge >= 0.3 is 0 Å². The number of hydrogen-bond donors (Lipinski definition) is 0. The topological polar surface area (TPSA) is 58.8 Å². The second-order valence-corrected chi connectivity index (χ2v) is 6.12. The Labute approximate surface area is 146 Å². The second kappa shape index (κ2) is 8.11. The van der Waals surface area contributed by atoms with Gasteiger partial charge in [0.1, 0.15) is 0 Å². The summed E-state index contributed by atoms with van der Waals surface area (Å²) in [7, 11) is 0. The summed E-state index contributed by atoms with van der Waals surface area (Å²) in [4.78, 5) is 16.3. The first-order chi connectivity index (χ1) is 12.1. The van der Waals surface area contributed by atoms with Crippen molar-refractivity contribution < 1.29 is 18.4 Å². The molecule has 0 radical (unpaired) electrons. The first-order valence-electron chi connectivity index (χ1n) is 8.41. The van der Waals surface area contributed by atoms with E-state index in [1.54, 1.807) is 18.2 Å². The summed E-state index contributed by atoms with van der Waals surface area (Å²) < 4.78 is 24.0. The quantitative estimate of drug-likeness (QED) is 0.802. The minimum absolute atomic E-state index is 0.0338. The van der Waals surface area contributed by atoms with Gasteiger partial charge in [0.15, 0.2) is 17.3 Å².